The molecule has 0 saturated carbocycles. The second kappa shape index (κ2) is 10.0. The number of rotatable bonds is 6. The Morgan fingerprint density at radius 3 is 2.59 bits per heavy atom. The zero-order chi connectivity index (χ0) is 20.6. The molecule has 0 atom stereocenters. The quantitative estimate of drug-likeness (QED) is 0.770. The number of hydrogen-bond donors (Lipinski definition) is 2. The Bertz CT molecular complexity index is 848. The standard InChI is InChI=1S/C23H28FN3O2/c1-17-5-4-6-19(15-17)16-22(28)25-12-9-18-10-13-27(14-11-18)23(29)26-21-8-3-2-7-20(21)24/h2-8,15,18H,9-14,16H2,1H3,(H,25,28)(H,26,29). The van der Waals surface area contributed by atoms with Crippen LogP contribution in [-0.4, -0.2) is 36.5 Å². The fraction of sp³-hybridized carbons (Fsp3) is 0.391. The van der Waals surface area contributed by atoms with Crippen molar-refractivity contribution in [3.8, 4) is 0 Å². The zero-order valence-electron chi connectivity index (χ0n) is 16.8. The van der Waals surface area contributed by atoms with Crippen LogP contribution in [0.25, 0.3) is 0 Å². The third kappa shape index (κ3) is 6.31. The minimum Gasteiger partial charge on any atom is -0.356 e. The number of nitrogens with one attached hydrogen (secondary N) is 2. The first-order valence-electron chi connectivity index (χ1n) is 10.1. The number of hydrogen-bond acceptors (Lipinski definition) is 2. The molecule has 1 fully saturated rings. The molecule has 1 saturated heterocycles. The van der Waals surface area contributed by atoms with E-state index < -0.39 is 5.82 Å². The van der Waals surface area contributed by atoms with Crippen LogP contribution in [0.1, 0.15) is 30.4 Å². The van der Waals surface area contributed by atoms with Crippen molar-refractivity contribution >= 4 is 17.6 Å². The van der Waals surface area contributed by atoms with Crippen LogP contribution in [0.15, 0.2) is 48.5 Å². The van der Waals surface area contributed by atoms with E-state index in [2.05, 4.69) is 10.6 Å². The van der Waals surface area contributed by atoms with Crippen molar-refractivity contribution in [3.63, 3.8) is 0 Å². The number of halogens is 1. The fourth-order valence-corrected chi connectivity index (χ4v) is 3.67. The van der Waals surface area contributed by atoms with E-state index in [1.165, 1.54) is 6.07 Å². The number of benzene rings is 2. The minimum atomic E-state index is -0.433. The molecule has 2 aromatic rings. The molecule has 0 aliphatic carbocycles. The average Bonchev–Trinajstić information content (AvgIpc) is 2.70. The van der Waals surface area contributed by atoms with Gasteiger partial charge in [0.05, 0.1) is 12.1 Å². The summed E-state index contributed by atoms with van der Waals surface area (Å²) in [5, 5.41) is 5.63. The second-order valence-electron chi connectivity index (χ2n) is 7.64. The number of nitrogens with zero attached hydrogens (tertiary/aromatic N) is 1. The average molecular weight is 397 g/mol. The van der Waals surface area contributed by atoms with Gasteiger partial charge < -0.3 is 15.5 Å². The normalized spacial score (nSPS) is 14.5. The number of aryl methyl sites for hydroxylation is 1. The number of amides is 3. The molecule has 5 nitrogen and oxygen atoms in total. The number of urea groups is 1. The van der Waals surface area contributed by atoms with Crippen LogP contribution < -0.4 is 10.6 Å². The van der Waals surface area contributed by atoms with Crippen LogP contribution in [0.3, 0.4) is 0 Å². The highest BCUT2D eigenvalue weighted by Gasteiger charge is 2.23. The summed E-state index contributed by atoms with van der Waals surface area (Å²) in [6.45, 7) is 3.95. The van der Waals surface area contributed by atoms with Gasteiger partial charge in [-0.2, -0.15) is 0 Å². The lowest BCUT2D eigenvalue weighted by Gasteiger charge is -2.32. The molecule has 6 heteroatoms. The number of carbonyl (C=O) groups excluding carboxylic acids is 2. The molecular weight excluding hydrogens is 369 g/mol. The highest BCUT2D eigenvalue weighted by molar-refractivity contribution is 5.89. The summed E-state index contributed by atoms with van der Waals surface area (Å²) < 4.78 is 13.7. The van der Waals surface area contributed by atoms with Gasteiger partial charge in [0.2, 0.25) is 5.91 Å². The fourth-order valence-electron chi connectivity index (χ4n) is 3.67. The van der Waals surface area contributed by atoms with Gasteiger partial charge in [-0.05, 0) is 49.8 Å². The zero-order valence-corrected chi connectivity index (χ0v) is 16.8. The van der Waals surface area contributed by atoms with Crippen LogP contribution in [0.2, 0.25) is 0 Å². The maximum absolute atomic E-state index is 13.7. The first-order chi connectivity index (χ1) is 14.0. The van der Waals surface area contributed by atoms with E-state index in [4.69, 9.17) is 0 Å². The summed E-state index contributed by atoms with van der Waals surface area (Å²) in [6, 6.07) is 13.9. The topological polar surface area (TPSA) is 61.4 Å². The van der Waals surface area contributed by atoms with Gasteiger partial charge in [-0.3, -0.25) is 4.79 Å². The Hall–Kier alpha value is -2.89. The summed E-state index contributed by atoms with van der Waals surface area (Å²) in [5.41, 5.74) is 2.38. The Balaban J connectivity index is 1.35. The smallest absolute Gasteiger partial charge is 0.321 e. The van der Waals surface area contributed by atoms with Gasteiger partial charge in [0.1, 0.15) is 5.82 Å². The number of piperidine rings is 1. The van der Waals surface area contributed by atoms with Gasteiger partial charge in [-0.25, -0.2) is 9.18 Å². The molecule has 1 aliphatic heterocycles. The Morgan fingerprint density at radius 2 is 1.86 bits per heavy atom. The van der Waals surface area contributed by atoms with Crippen molar-refractivity contribution in [1.82, 2.24) is 10.2 Å². The van der Waals surface area contributed by atoms with Crippen molar-refractivity contribution in [2.24, 2.45) is 5.92 Å². The van der Waals surface area contributed by atoms with Gasteiger partial charge >= 0.3 is 6.03 Å². The van der Waals surface area contributed by atoms with Gasteiger partial charge in [0.25, 0.3) is 0 Å². The maximum Gasteiger partial charge on any atom is 0.321 e. The van der Waals surface area contributed by atoms with E-state index in [0.29, 0.717) is 32.0 Å². The van der Waals surface area contributed by atoms with Crippen LogP contribution in [0, 0.1) is 18.7 Å². The molecule has 154 valence electrons. The molecule has 1 aliphatic rings. The lowest BCUT2D eigenvalue weighted by atomic mass is 9.93. The summed E-state index contributed by atoms with van der Waals surface area (Å²) in [6.07, 6.45) is 3.08. The van der Waals surface area contributed by atoms with Crippen LogP contribution in [0.5, 0.6) is 0 Å². The molecule has 1 heterocycles. The highest BCUT2D eigenvalue weighted by Crippen LogP contribution is 2.21. The molecule has 0 bridgehead atoms. The van der Waals surface area contributed by atoms with E-state index in [9.17, 15) is 14.0 Å². The SMILES string of the molecule is Cc1cccc(CC(=O)NCCC2CCN(C(=O)Nc3ccccc3F)CC2)c1. The molecule has 0 unspecified atom stereocenters. The largest absolute Gasteiger partial charge is 0.356 e. The van der Waals surface area contributed by atoms with Crippen molar-refractivity contribution < 1.29 is 14.0 Å². The second-order valence-corrected chi connectivity index (χ2v) is 7.64. The number of para-hydroxylation sites is 1. The van der Waals surface area contributed by atoms with E-state index in [1.807, 2.05) is 31.2 Å². The molecule has 0 spiro atoms. The summed E-state index contributed by atoms with van der Waals surface area (Å²) >= 11 is 0. The van der Waals surface area contributed by atoms with Crippen LogP contribution >= 0.6 is 0 Å². The Labute approximate surface area is 171 Å². The first kappa shape index (κ1) is 20.8. The molecule has 2 N–H and O–H groups in total. The van der Waals surface area contributed by atoms with Crippen LogP contribution in [-0.2, 0) is 11.2 Å². The number of anilines is 1. The highest BCUT2D eigenvalue weighted by atomic mass is 19.1. The van der Waals surface area contributed by atoms with E-state index >= 15 is 0 Å². The Kier molecular flexibility index (Phi) is 7.22. The lowest BCUT2D eigenvalue weighted by molar-refractivity contribution is -0.120. The monoisotopic (exact) mass is 397 g/mol. The molecule has 3 rings (SSSR count). The predicted octanol–water partition coefficient (Wildman–Crippen LogP) is 4.13. The number of carbonyl (C=O) groups is 2. The minimum absolute atomic E-state index is 0.0392. The van der Waals surface area contributed by atoms with Crippen molar-refractivity contribution in [1.29, 1.82) is 0 Å². The molecule has 0 radical (unpaired) electrons. The molecule has 0 aromatic heterocycles. The van der Waals surface area contributed by atoms with Crippen LogP contribution in [0.4, 0.5) is 14.9 Å². The van der Waals surface area contributed by atoms with E-state index in [0.717, 1.165) is 30.4 Å². The van der Waals surface area contributed by atoms with Gasteiger partial charge in [-0.15, -0.1) is 0 Å². The lowest BCUT2D eigenvalue weighted by Crippen LogP contribution is -2.41. The third-order valence-electron chi connectivity index (χ3n) is 5.34. The predicted molar refractivity (Wildman–Crippen MR) is 112 cm³/mol. The summed E-state index contributed by atoms with van der Waals surface area (Å²) in [7, 11) is 0. The summed E-state index contributed by atoms with van der Waals surface area (Å²) in [5.74, 6) is 0.0845. The van der Waals surface area contributed by atoms with Crippen molar-refractivity contribution in [2.45, 2.75) is 32.6 Å². The molecule has 29 heavy (non-hydrogen) atoms. The van der Waals surface area contributed by atoms with E-state index in [1.54, 1.807) is 23.1 Å². The van der Waals surface area contributed by atoms with Gasteiger partial charge in [0.15, 0.2) is 0 Å². The third-order valence-corrected chi connectivity index (χ3v) is 5.34. The molecule has 3 amide bonds. The summed E-state index contributed by atoms with van der Waals surface area (Å²) in [4.78, 5) is 26.1. The molecule has 2 aromatic carbocycles. The maximum atomic E-state index is 13.7. The first-order valence-corrected chi connectivity index (χ1v) is 10.1. The van der Waals surface area contributed by atoms with Gasteiger partial charge in [0, 0.05) is 19.6 Å². The number of likely N-dealkylation sites (tertiary alicyclic amines) is 1. The van der Waals surface area contributed by atoms with Gasteiger partial charge in [-0.1, -0.05) is 42.0 Å². The Morgan fingerprint density at radius 1 is 1.10 bits per heavy atom. The van der Waals surface area contributed by atoms with E-state index in [-0.39, 0.29) is 17.6 Å². The van der Waals surface area contributed by atoms with Crippen molar-refractivity contribution in [3.05, 3.63) is 65.5 Å². The molecular formula is C23H28FN3O2. The van der Waals surface area contributed by atoms with Crippen molar-refractivity contribution in [2.75, 3.05) is 25.0 Å².